The second-order valence-electron chi connectivity index (χ2n) is 10.1. The number of carbonyl (C=O) groups is 2. The van der Waals surface area contributed by atoms with Crippen LogP contribution < -0.4 is 10.2 Å². The van der Waals surface area contributed by atoms with E-state index in [4.69, 9.17) is 4.42 Å². The Kier molecular flexibility index (Phi) is 5.34. The van der Waals surface area contributed by atoms with Crippen LogP contribution in [0.1, 0.15) is 72.8 Å². The number of furan rings is 1. The lowest BCUT2D eigenvalue weighted by Gasteiger charge is -2.45. The van der Waals surface area contributed by atoms with E-state index < -0.39 is 5.54 Å². The van der Waals surface area contributed by atoms with Crippen LogP contribution in [0.4, 0.5) is 5.69 Å². The maximum Gasteiger partial charge on any atom is 0.276 e. The summed E-state index contributed by atoms with van der Waals surface area (Å²) in [6.45, 7) is 8.22. The summed E-state index contributed by atoms with van der Waals surface area (Å²) in [6, 6.07) is 9.95. The lowest BCUT2D eigenvalue weighted by molar-refractivity contribution is -0.127. The third kappa shape index (κ3) is 3.65. The zero-order valence-electron chi connectivity index (χ0n) is 20.0. The van der Waals surface area contributed by atoms with Crippen LogP contribution in [0.2, 0.25) is 0 Å². The van der Waals surface area contributed by atoms with Gasteiger partial charge in [0, 0.05) is 23.9 Å². The first-order valence-electron chi connectivity index (χ1n) is 12.1. The average molecular weight is 448 g/mol. The normalized spacial score (nSPS) is 21.8. The minimum atomic E-state index is -1.06. The zero-order valence-corrected chi connectivity index (χ0v) is 20.0. The zero-order chi connectivity index (χ0) is 23.3. The van der Waals surface area contributed by atoms with E-state index in [1.807, 2.05) is 56.5 Å². The molecule has 174 valence electrons. The largest absolute Gasteiger partial charge is 0.460 e. The van der Waals surface area contributed by atoms with E-state index in [1.54, 1.807) is 4.90 Å². The van der Waals surface area contributed by atoms with E-state index in [9.17, 15) is 9.59 Å². The third-order valence-corrected chi connectivity index (χ3v) is 7.37. The van der Waals surface area contributed by atoms with Crippen LogP contribution in [-0.4, -0.2) is 28.0 Å². The fourth-order valence-electron chi connectivity index (χ4n) is 5.60. The summed E-state index contributed by atoms with van der Waals surface area (Å²) in [6.07, 6.45) is 6.72. The van der Waals surface area contributed by atoms with Crippen LogP contribution in [0.3, 0.4) is 0 Å². The third-order valence-electron chi connectivity index (χ3n) is 7.37. The van der Waals surface area contributed by atoms with Gasteiger partial charge in [-0.3, -0.25) is 14.5 Å². The molecule has 0 spiro atoms. The van der Waals surface area contributed by atoms with Crippen molar-refractivity contribution >= 4 is 28.6 Å². The molecule has 1 aromatic carbocycles. The van der Waals surface area contributed by atoms with Crippen LogP contribution in [0.15, 0.2) is 34.7 Å². The van der Waals surface area contributed by atoms with Crippen molar-refractivity contribution < 1.29 is 14.0 Å². The molecule has 2 aliphatic rings. The number of nitrogens with zero attached hydrogens (tertiary/aromatic N) is 2. The number of anilines is 1. The molecule has 6 nitrogen and oxygen atoms in total. The molecule has 1 aliphatic carbocycles. The highest BCUT2D eigenvalue weighted by Gasteiger charge is 2.49. The highest BCUT2D eigenvalue weighted by molar-refractivity contribution is 6.14. The number of fused-ring (bicyclic) bond motifs is 3. The molecule has 0 unspecified atom stereocenters. The first kappa shape index (κ1) is 21.8. The molecule has 1 fully saturated rings. The highest BCUT2D eigenvalue weighted by Crippen LogP contribution is 2.38. The Labute approximate surface area is 194 Å². The summed E-state index contributed by atoms with van der Waals surface area (Å²) in [5.74, 6) is 0.537. The number of aromatic nitrogens is 1. The van der Waals surface area contributed by atoms with Gasteiger partial charge in [-0.05, 0) is 52.2 Å². The summed E-state index contributed by atoms with van der Waals surface area (Å²) in [5, 5.41) is 3.33. The Balaban J connectivity index is 1.61. The lowest BCUT2D eigenvalue weighted by Crippen LogP contribution is -2.65. The van der Waals surface area contributed by atoms with Gasteiger partial charge in [0.05, 0.1) is 12.1 Å². The van der Waals surface area contributed by atoms with Crippen molar-refractivity contribution in [2.24, 2.45) is 0 Å². The predicted octanol–water partition coefficient (Wildman–Crippen LogP) is 5.42. The number of hydrogen-bond acceptors (Lipinski definition) is 3. The predicted molar refractivity (Wildman–Crippen MR) is 130 cm³/mol. The topological polar surface area (TPSA) is 67.5 Å². The summed E-state index contributed by atoms with van der Waals surface area (Å²) < 4.78 is 7.78. The van der Waals surface area contributed by atoms with E-state index in [0.29, 0.717) is 17.8 Å². The number of nitrogens with one attached hydrogen (secondary N) is 1. The SMILES string of the molecule is Cc1ccc(N2C(=O)c3cc4oc(C)cc4n3C[C@]2(C)C(=O)NC2CCCCCC2)c(C)c1. The molecule has 1 N–H and O–H groups in total. The number of benzene rings is 1. The number of amides is 2. The van der Waals surface area contributed by atoms with Crippen molar-refractivity contribution in [1.82, 2.24) is 9.88 Å². The van der Waals surface area contributed by atoms with Gasteiger partial charge in [-0.25, -0.2) is 0 Å². The van der Waals surface area contributed by atoms with E-state index in [2.05, 4.69) is 11.4 Å². The minimum Gasteiger partial charge on any atom is -0.460 e. The van der Waals surface area contributed by atoms with E-state index in [-0.39, 0.29) is 17.9 Å². The van der Waals surface area contributed by atoms with Gasteiger partial charge < -0.3 is 14.3 Å². The van der Waals surface area contributed by atoms with Gasteiger partial charge >= 0.3 is 0 Å². The molecule has 2 aromatic heterocycles. The van der Waals surface area contributed by atoms with E-state index >= 15 is 0 Å². The van der Waals surface area contributed by atoms with Gasteiger partial charge in [0.25, 0.3) is 5.91 Å². The second-order valence-corrected chi connectivity index (χ2v) is 10.1. The molecule has 0 radical (unpaired) electrons. The Morgan fingerprint density at radius 3 is 2.48 bits per heavy atom. The van der Waals surface area contributed by atoms with Crippen molar-refractivity contribution in [3.63, 3.8) is 0 Å². The Morgan fingerprint density at radius 2 is 1.79 bits per heavy atom. The molecule has 0 saturated heterocycles. The molecule has 33 heavy (non-hydrogen) atoms. The van der Waals surface area contributed by atoms with Crippen molar-refractivity contribution in [2.45, 2.75) is 84.3 Å². The monoisotopic (exact) mass is 447 g/mol. The maximum atomic E-state index is 14.0. The standard InChI is InChI=1S/C27H33N3O3/c1-17-11-12-21(18(2)13-17)30-25(31)23-15-24-22(14-19(3)33-24)29(23)16-27(30,4)26(32)28-20-9-7-5-6-8-10-20/h11-15,20H,5-10,16H2,1-4H3,(H,28,32)/t27-/m1/s1. The Bertz CT molecular complexity index is 1230. The number of hydrogen-bond donors (Lipinski definition) is 1. The molecule has 1 saturated carbocycles. The van der Waals surface area contributed by atoms with Gasteiger partial charge in [0.1, 0.15) is 17.0 Å². The first-order chi connectivity index (χ1) is 15.8. The number of rotatable bonds is 3. The summed E-state index contributed by atoms with van der Waals surface area (Å²) in [5.41, 5.74) is 3.94. The van der Waals surface area contributed by atoms with Gasteiger partial charge in [-0.2, -0.15) is 0 Å². The van der Waals surface area contributed by atoms with Gasteiger partial charge in [0.2, 0.25) is 5.91 Å². The molecule has 1 aliphatic heterocycles. The molecule has 6 heteroatoms. The number of aryl methyl sites for hydroxylation is 3. The van der Waals surface area contributed by atoms with Crippen LogP contribution in [0.5, 0.6) is 0 Å². The van der Waals surface area contributed by atoms with Crippen molar-refractivity contribution in [3.05, 3.63) is 52.9 Å². The molecule has 3 heterocycles. The lowest BCUT2D eigenvalue weighted by atomic mass is 9.92. The highest BCUT2D eigenvalue weighted by atomic mass is 16.3. The molecule has 0 bridgehead atoms. The minimum absolute atomic E-state index is 0.0876. The number of carbonyl (C=O) groups excluding carboxylic acids is 2. The molecule has 3 aromatic rings. The Morgan fingerprint density at radius 1 is 1.06 bits per heavy atom. The Hall–Kier alpha value is -3.02. The fraction of sp³-hybridized carbons (Fsp3) is 0.481. The van der Waals surface area contributed by atoms with Crippen LogP contribution in [0.25, 0.3) is 11.1 Å². The molecular weight excluding hydrogens is 414 g/mol. The second kappa shape index (κ2) is 8.08. The fourth-order valence-corrected chi connectivity index (χ4v) is 5.60. The first-order valence-corrected chi connectivity index (χ1v) is 12.1. The quantitative estimate of drug-likeness (QED) is 0.545. The maximum absolute atomic E-state index is 14.0. The summed E-state index contributed by atoms with van der Waals surface area (Å²) in [7, 11) is 0. The molecular formula is C27H33N3O3. The van der Waals surface area contributed by atoms with Crippen molar-refractivity contribution in [1.29, 1.82) is 0 Å². The van der Waals surface area contributed by atoms with Gasteiger partial charge in [0.15, 0.2) is 5.58 Å². The summed E-state index contributed by atoms with van der Waals surface area (Å²) in [4.78, 5) is 29.6. The van der Waals surface area contributed by atoms with Crippen molar-refractivity contribution in [2.75, 3.05) is 4.90 Å². The molecule has 2 amide bonds. The summed E-state index contributed by atoms with van der Waals surface area (Å²) >= 11 is 0. The van der Waals surface area contributed by atoms with Gasteiger partial charge in [-0.15, -0.1) is 0 Å². The van der Waals surface area contributed by atoms with Crippen LogP contribution >= 0.6 is 0 Å². The molecule has 5 rings (SSSR count). The van der Waals surface area contributed by atoms with Crippen LogP contribution in [0, 0.1) is 20.8 Å². The van der Waals surface area contributed by atoms with Crippen LogP contribution in [-0.2, 0) is 11.3 Å². The van der Waals surface area contributed by atoms with Crippen molar-refractivity contribution in [3.8, 4) is 0 Å². The smallest absolute Gasteiger partial charge is 0.276 e. The van der Waals surface area contributed by atoms with Gasteiger partial charge in [-0.1, -0.05) is 43.4 Å². The average Bonchev–Trinajstić information content (AvgIpc) is 3.15. The molecule has 1 atom stereocenters. The van der Waals surface area contributed by atoms with E-state index in [1.165, 1.54) is 12.8 Å². The van der Waals surface area contributed by atoms with E-state index in [0.717, 1.165) is 53.8 Å².